The summed E-state index contributed by atoms with van der Waals surface area (Å²) in [6, 6.07) is 7.46. The van der Waals surface area contributed by atoms with Crippen LogP contribution in [0, 0.1) is 11.8 Å². The van der Waals surface area contributed by atoms with Crippen molar-refractivity contribution in [3.05, 3.63) is 24.3 Å². The summed E-state index contributed by atoms with van der Waals surface area (Å²) in [6.45, 7) is 5.75. The van der Waals surface area contributed by atoms with Gasteiger partial charge in [-0.15, -0.1) is 0 Å². The van der Waals surface area contributed by atoms with E-state index in [-0.39, 0.29) is 24.7 Å². The molecule has 0 aliphatic heterocycles. The number of hydrogen-bond acceptors (Lipinski definition) is 4. The largest absolute Gasteiger partial charge is 0.493 e. The molecule has 2 saturated carbocycles. The van der Waals surface area contributed by atoms with Crippen molar-refractivity contribution in [1.82, 2.24) is 10.2 Å². The molecule has 2 fully saturated rings. The van der Waals surface area contributed by atoms with Gasteiger partial charge in [-0.05, 0) is 49.7 Å². The monoisotopic (exact) mass is 389 g/mol. The van der Waals surface area contributed by atoms with Crippen LogP contribution in [0.1, 0.15) is 39.5 Å². The summed E-state index contributed by atoms with van der Waals surface area (Å²) in [5, 5.41) is 14.9. The van der Waals surface area contributed by atoms with E-state index in [0.717, 1.165) is 25.1 Å². The van der Waals surface area contributed by atoms with E-state index in [9.17, 15) is 9.59 Å². The van der Waals surface area contributed by atoms with Gasteiger partial charge in [0.1, 0.15) is 5.75 Å². The number of carbonyl (C=O) groups is 2. The second kappa shape index (κ2) is 9.28. The van der Waals surface area contributed by atoms with E-state index in [1.54, 1.807) is 0 Å². The number of benzene rings is 1. The summed E-state index contributed by atoms with van der Waals surface area (Å²) in [5.74, 6) is 1.04. The van der Waals surface area contributed by atoms with Crippen molar-refractivity contribution < 1.29 is 19.4 Å². The number of hydrogen-bond donors (Lipinski definition) is 3. The van der Waals surface area contributed by atoms with Crippen molar-refractivity contribution >= 4 is 17.7 Å². The van der Waals surface area contributed by atoms with Crippen molar-refractivity contribution in [2.45, 2.75) is 51.6 Å². The first-order valence-electron chi connectivity index (χ1n) is 10.1. The highest BCUT2D eigenvalue weighted by Gasteiger charge is 2.37. The Labute approximate surface area is 166 Å². The Hall–Kier alpha value is -2.28. The van der Waals surface area contributed by atoms with Gasteiger partial charge in [0.2, 0.25) is 0 Å². The summed E-state index contributed by atoms with van der Waals surface area (Å²) in [5.41, 5.74) is 0.691. The van der Waals surface area contributed by atoms with Crippen molar-refractivity contribution in [3.8, 4) is 5.75 Å². The predicted molar refractivity (Wildman–Crippen MR) is 108 cm³/mol. The Morgan fingerprint density at radius 2 is 2.04 bits per heavy atom. The molecule has 2 amide bonds. The van der Waals surface area contributed by atoms with Gasteiger partial charge in [-0.3, -0.25) is 9.69 Å². The van der Waals surface area contributed by atoms with E-state index in [4.69, 9.17) is 9.84 Å². The van der Waals surface area contributed by atoms with Crippen LogP contribution in [0.4, 0.5) is 10.5 Å². The molecule has 0 heterocycles. The molecular formula is C21H31N3O4. The fourth-order valence-corrected chi connectivity index (χ4v) is 3.43. The number of ether oxygens (including phenoxy) is 1. The van der Waals surface area contributed by atoms with E-state index in [2.05, 4.69) is 29.4 Å². The average Bonchev–Trinajstić information content (AvgIpc) is 3.39. The highest BCUT2D eigenvalue weighted by atomic mass is 16.5. The maximum absolute atomic E-state index is 12.3. The second-order valence-electron chi connectivity index (χ2n) is 8.42. The lowest BCUT2D eigenvalue weighted by Crippen LogP contribution is -2.55. The van der Waals surface area contributed by atoms with Crippen LogP contribution >= 0.6 is 0 Å². The molecule has 1 aromatic rings. The minimum atomic E-state index is -0.783. The molecular weight excluding hydrogens is 358 g/mol. The zero-order valence-electron chi connectivity index (χ0n) is 16.7. The fraction of sp³-hybridized carbons (Fsp3) is 0.619. The Morgan fingerprint density at radius 3 is 2.68 bits per heavy atom. The molecule has 0 atom stereocenters. The first-order chi connectivity index (χ1) is 13.4. The van der Waals surface area contributed by atoms with Gasteiger partial charge in [0.15, 0.2) is 0 Å². The zero-order valence-corrected chi connectivity index (χ0v) is 16.7. The Kier molecular flexibility index (Phi) is 6.78. The molecule has 28 heavy (non-hydrogen) atoms. The lowest BCUT2D eigenvalue weighted by molar-refractivity contribution is -0.139. The molecule has 1 aromatic carbocycles. The van der Waals surface area contributed by atoms with Crippen molar-refractivity contribution in [3.63, 3.8) is 0 Å². The molecule has 2 aliphatic carbocycles. The predicted octanol–water partition coefficient (Wildman–Crippen LogP) is 3.17. The van der Waals surface area contributed by atoms with Crippen LogP contribution in [-0.2, 0) is 4.79 Å². The standard InChI is InChI=1S/C21H31N3O4/c1-14(2)13-28-19-5-3-4-16(10-19)22-21(27)23-17-8-18(9-17)24(12-20(25)26)11-15-6-7-15/h3-5,10,14-15,17-18H,6-9,11-13H2,1-2H3,(H,25,26)(H2,22,23,27). The zero-order chi connectivity index (χ0) is 20.1. The number of nitrogens with one attached hydrogen (secondary N) is 2. The molecule has 3 rings (SSSR count). The van der Waals surface area contributed by atoms with Crippen molar-refractivity contribution in [2.75, 3.05) is 25.0 Å². The Balaban J connectivity index is 1.42. The molecule has 0 saturated heterocycles. The molecule has 0 spiro atoms. The topological polar surface area (TPSA) is 90.9 Å². The third kappa shape index (κ3) is 6.41. The number of urea groups is 1. The number of amides is 2. The van der Waals surface area contributed by atoms with Crippen LogP contribution in [0.5, 0.6) is 5.75 Å². The van der Waals surface area contributed by atoms with Crippen LogP contribution in [0.25, 0.3) is 0 Å². The highest BCUT2D eigenvalue weighted by molar-refractivity contribution is 5.89. The van der Waals surface area contributed by atoms with Gasteiger partial charge in [-0.1, -0.05) is 19.9 Å². The summed E-state index contributed by atoms with van der Waals surface area (Å²) in [4.78, 5) is 25.4. The second-order valence-corrected chi connectivity index (χ2v) is 8.42. The third-order valence-electron chi connectivity index (χ3n) is 5.17. The first kappa shape index (κ1) is 20.5. The summed E-state index contributed by atoms with van der Waals surface area (Å²) >= 11 is 0. The average molecular weight is 389 g/mol. The molecule has 2 aliphatic rings. The van der Waals surface area contributed by atoms with Gasteiger partial charge in [0, 0.05) is 30.4 Å². The van der Waals surface area contributed by atoms with Gasteiger partial charge in [-0.2, -0.15) is 0 Å². The smallest absolute Gasteiger partial charge is 0.319 e. The normalized spacial score (nSPS) is 21.3. The van der Waals surface area contributed by atoms with Gasteiger partial charge in [-0.25, -0.2) is 4.79 Å². The van der Waals surface area contributed by atoms with Crippen LogP contribution in [0.2, 0.25) is 0 Å². The number of anilines is 1. The molecule has 7 heteroatoms. The SMILES string of the molecule is CC(C)COc1cccc(NC(=O)NC2CC(N(CC(=O)O)CC3CC3)C2)c1. The molecule has 3 N–H and O–H groups in total. The number of nitrogens with zero attached hydrogens (tertiary/aromatic N) is 1. The fourth-order valence-electron chi connectivity index (χ4n) is 3.43. The lowest BCUT2D eigenvalue weighted by Gasteiger charge is -2.42. The van der Waals surface area contributed by atoms with Gasteiger partial charge in [0.25, 0.3) is 0 Å². The van der Waals surface area contributed by atoms with Gasteiger partial charge in [0.05, 0.1) is 13.2 Å². The molecule has 7 nitrogen and oxygen atoms in total. The number of rotatable bonds is 10. The van der Waals surface area contributed by atoms with E-state index >= 15 is 0 Å². The summed E-state index contributed by atoms with van der Waals surface area (Å²) in [6.07, 6.45) is 4.00. The number of carbonyl (C=O) groups excluding carboxylic acids is 1. The first-order valence-corrected chi connectivity index (χ1v) is 10.1. The summed E-state index contributed by atoms with van der Waals surface area (Å²) < 4.78 is 5.69. The minimum absolute atomic E-state index is 0.0841. The van der Waals surface area contributed by atoms with Crippen molar-refractivity contribution in [2.24, 2.45) is 11.8 Å². The van der Waals surface area contributed by atoms with Crippen LogP contribution in [-0.4, -0.2) is 53.8 Å². The van der Waals surface area contributed by atoms with Crippen LogP contribution in [0.15, 0.2) is 24.3 Å². The molecule has 0 bridgehead atoms. The van der Waals surface area contributed by atoms with Gasteiger partial charge < -0.3 is 20.5 Å². The molecule has 0 unspecified atom stereocenters. The summed E-state index contributed by atoms with van der Waals surface area (Å²) in [7, 11) is 0. The lowest BCUT2D eigenvalue weighted by atomic mass is 9.85. The van der Waals surface area contributed by atoms with Crippen LogP contribution < -0.4 is 15.4 Å². The van der Waals surface area contributed by atoms with E-state index in [0.29, 0.717) is 24.1 Å². The molecule has 0 aromatic heterocycles. The Morgan fingerprint density at radius 1 is 1.29 bits per heavy atom. The van der Waals surface area contributed by atoms with E-state index in [1.165, 1.54) is 12.8 Å². The minimum Gasteiger partial charge on any atom is -0.493 e. The maximum Gasteiger partial charge on any atom is 0.319 e. The molecule has 0 radical (unpaired) electrons. The quantitative estimate of drug-likeness (QED) is 0.572. The van der Waals surface area contributed by atoms with Crippen LogP contribution in [0.3, 0.4) is 0 Å². The number of aliphatic carboxylic acids is 1. The number of carboxylic acid groups (broad SMARTS) is 1. The van der Waals surface area contributed by atoms with Gasteiger partial charge >= 0.3 is 12.0 Å². The highest BCUT2D eigenvalue weighted by Crippen LogP contribution is 2.33. The maximum atomic E-state index is 12.3. The van der Waals surface area contributed by atoms with E-state index < -0.39 is 5.97 Å². The molecule has 154 valence electrons. The number of carboxylic acids is 1. The van der Waals surface area contributed by atoms with Crippen molar-refractivity contribution in [1.29, 1.82) is 0 Å². The third-order valence-corrected chi connectivity index (χ3v) is 5.17. The Bertz CT molecular complexity index is 684. The van der Waals surface area contributed by atoms with E-state index in [1.807, 2.05) is 24.3 Å².